The highest BCUT2D eigenvalue weighted by atomic mass is 19.4. The number of alkyl halides is 3. The number of nitrogens with two attached hydrogens (primary N) is 1. The van der Waals surface area contributed by atoms with Gasteiger partial charge in [0.25, 0.3) is 0 Å². The first-order chi connectivity index (χ1) is 12.0. The number of aromatic amines is 1. The van der Waals surface area contributed by atoms with Gasteiger partial charge in [-0.1, -0.05) is 5.92 Å². The van der Waals surface area contributed by atoms with E-state index < -0.39 is 17.3 Å². The number of aliphatic hydroxyl groups is 1. The third-order valence-electron chi connectivity index (χ3n) is 3.43. The number of nitrogens with zero attached hydrogens (tertiary/aromatic N) is 3. The molecule has 0 spiro atoms. The molecule has 134 valence electrons. The van der Waals surface area contributed by atoms with Crippen LogP contribution >= 0.6 is 0 Å². The first kappa shape index (κ1) is 17.7. The lowest BCUT2D eigenvalue weighted by molar-refractivity contribution is -0.137. The fourth-order valence-electron chi connectivity index (χ4n) is 2.31. The van der Waals surface area contributed by atoms with Crippen molar-refractivity contribution in [2.75, 3.05) is 5.73 Å². The Kier molecular flexibility index (Phi) is 4.08. The largest absolute Gasteiger partial charge is 0.419 e. The second kappa shape index (κ2) is 6.00. The molecule has 0 aliphatic carbocycles. The molecule has 0 aliphatic rings. The molecule has 4 N–H and O–H groups in total. The topological polar surface area (TPSA) is 101 Å². The molecule has 26 heavy (non-hydrogen) atoms. The quantitative estimate of drug-likeness (QED) is 0.579. The molecular weight excluding hydrogens is 347 g/mol. The number of hydrogen-bond donors (Lipinski definition) is 3. The van der Waals surface area contributed by atoms with E-state index in [9.17, 15) is 18.3 Å². The Balaban J connectivity index is 2.21. The molecule has 0 saturated heterocycles. The van der Waals surface area contributed by atoms with Gasteiger partial charge in [-0.25, -0.2) is 15.0 Å². The van der Waals surface area contributed by atoms with Crippen molar-refractivity contribution in [3.05, 3.63) is 35.9 Å². The van der Waals surface area contributed by atoms with Crippen LogP contribution < -0.4 is 5.73 Å². The third kappa shape index (κ3) is 3.60. The lowest BCUT2D eigenvalue weighted by atomic mass is 10.1. The summed E-state index contributed by atoms with van der Waals surface area (Å²) in [6.45, 7) is 3.03. The van der Waals surface area contributed by atoms with Crippen LogP contribution in [-0.2, 0) is 6.18 Å². The summed E-state index contributed by atoms with van der Waals surface area (Å²) in [5, 5.41) is 10.1. The maximum Gasteiger partial charge on any atom is 0.419 e. The van der Waals surface area contributed by atoms with Gasteiger partial charge in [-0.05, 0) is 25.8 Å². The average Bonchev–Trinajstić information content (AvgIpc) is 2.94. The number of halogens is 3. The zero-order valence-electron chi connectivity index (χ0n) is 13.8. The van der Waals surface area contributed by atoms with Crippen LogP contribution in [0.3, 0.4) is 0 Å². The maximum absolute atomic E-state index is 13.3. The van der Waals surface area contributed by atoms with Gasteiger partial charge in [0.05, 0.1) is 17.4 Å². The summed E-state index contributed by atoms with van der Waals surface area (Å²) in [6, 6.07) is 1.53. The average molecular weight is 361 g/mol. The predicted octanol–water partition coefficient (Wildman–Crippen LogP) is 2.74. The predicted molar refractivity (Wildman–Crippen MR) is 89.7 cm³/mol. The summed E-state index contributed by atoms with van der Waals surface area (Å²) in [5.74, 6) is 5.04. The minimum Gasteiger partial charge on any atom is -0.378 e. The number of hydrogen-bond acceptors (Lipinski definition) is 5. The van der Waals surface area contributed by atoms with E-state index in [1.165, 1.54) is 32.3 Å². The van der Waals surface area contributed by atoms with Gasteiger partial charge < -0.3 is 15.8 Å². The summed E-state index contributed by atoms with van der Waals surface area (Å²) in [5.41, 5.74) is 3.96. The summed E-state index contributed by atoms with van der Waals surface area (Å²) in [4.78, 5) is 14.2. The number of nitrogen functional groups attached to an aromatic ring is 1. The summed E-state index contributed by atoms with van der Waals surface area (Å²) in [6.07, 6.45) is -1.13. The van der Waals surface area contributed by atoms with Crippen LogP contribution in [0.2, 0.25) is 0 Å². The molecule has 0 fully saturated rings. The number of fused-ring (bicyclic) bond motifs is 1. The normalized spacial score (nSPS) is 12.1. The van der Waals surface area contributed by atoms with Crippen molar-refractivity contribution < 1.29 is 18.3 Å². The summed E-state index contributed by atoms with van der Waals surface area (Å²) in [7, 11) is 0. The van der Waals surface area contributed by atoms with E-state index in [1.807, 2.05) is 0 Å². The number of nitrogens with one attached hydrogen (secondary N) is 1. The number of pyridine rings is 1. The van der Waals surface area contributed by atoms with Crippen LogP contribution in [0, 0.1) is 11.8 Å². The second-order valence-corrected chi connectivity index (χ2v) is 6.11. The van der Waals surface area contributed by atoms with Crippen LogP contribution in [0.1, 0.15) is 25.1 Å². The van der Waals surface area contributed by atoms with Gasteiger partial charge in [0, 0.05) is 23.3 Å². The second-order valence-electron chi connectivity index (χ2n) is 6.11. The van der Waals surface area contributed by atoms with Gasteiger partial charge in [-0.2, -0.15) is 13.2 Å². The van der Waals surface area contributed by atoms with Crippen molar-refractivity contribution >= 4 is 16.9 Å². The number of aromatic nitrogens is 4. The van der Waals surface area contributed by atoms with Crippen molar-refractivity contribution in [2.45, 2.75) is 25.6 Å². The minimum absolute atomic E-state index is 0.204. The van der Waals surface area contributed by atoms with E-state index in [2.05, 4.69) is 31.8 Å². The number of anilines is 1. The molecule has 6 nitrogen and oxygen atoms in total. The van der Waals surface area contributed by atoms with Crippen molar-refractivity contribution in [1.29, 1.82) is 0 Å². The standard InChI is InChI=1S/C17H14F3N5O/c1-16(2,26)4-3-9-5-10-11(6-23-13(10)8-22-9)14-12(17(18,19)20)7-24-15(21)25-14/h5-8,23,26H,1-2H3,(H2,21,24,25). The number of rotatable bonds is 1. The van der Waals surface area contributed by atoms with E-state index in [4.69, 9.17) is 5.73 Å². The molecule has 9 heteroatoms. The molecule has 0 radical (unpaired) electrons. The van der Waals surface area contributed by atoms with Crippen molar-refractivity contribution in [1.82, 2.24) is 19.9 Å². The van der Waals surface area contributed by atoms with Crippen LogP contribution in [0.4, 0.5) is 19.1 Å². The molecule has 0 aromatic carbocycles. The molecular formula is C17H14F3N5O. The molecule has 3 rings (SSSR count). The van der Waals surface area contributed by atoms with Crippen LogP contribution in [0.15, 0.2) is 24.7 Å². The molecule has 0 aliphatic heterocycles. The van der Waals surface area contributed by atoms with Gasteiger partial charge >= 0.3 is 6.18 Å². The van der Waals surface area contributed by atoms with Crippen LogP contribution in [-0.4, -0.2) is 30.6 Å². The molecule has 0 atom stereocenters. The molecule has 0 unspecified atom stereocenters. The summed E-state index contributed by atoms with van der Waals surface area (Å²) < 4.78 is 39.9. The van der Waals surface area contributed by atoms with Crippen molar-refractivity contribution in [2.24, 2.45) is 0 Å². The van der Waals surface area contributed by atoms with Crippen LogP contribution in [0.25, 0.3) is 22.2 Å². The van der Waals surface area contributed by atoms with Crippen LogP contribution in [0.5, 0.6) is 0 Å². The first-order valence-electron chi connectivity index (χ1n) is 7.47. The summed E-state index contributed by atoms with van der Waals surface area (Å²) >= 11 is 0. The van der Waals surface area contributed by atoms with Crippen molar-refractivity contribution in [3.8, 4) is 23.1 Å². The number of H-pyrrole nitrogens is 1. The zero-order chi connectivity index (χ0) is 19.1. The highest BCUT2D eigenvalue weighted by Gasteiger charge is 2.36. The monoisotopic (exact) mass is 361 g/mol. The highest BCUT2D eigenvalue weighted by molar-refractivity contribution is 5.95. The molecule has 3 aromatic heterocycles. The third-order valence-corrected chi connectivity index (χ3v) is 3.43. The fraction of sp³-hybridized carbons (Fsp3) is 0.235. The Hall–Kier alpha value is -3.12. The first-order valence-corrected chi connectivity index (χ1v) is 7.47. The van der Waals surface area contributed by atoms with E-state index in [1.54, 1.807) is 0 Å². The molecule has 0 bridgehead atoms. The molecule has 3 aromatic rings. The van der Waals surface area contributed by atoms with Gasteiger partial charge in [-0.3, -0.25) is 0 Å². The zero-order valence-corrected chi connectivity index (χ0v) is 13.8. The Morgan fingerprint density at radius 3 is 2.58 bits per heavy atom. The Morgan fingerprint density at radius 1 is 1.19 bits per heavy atom. The Labute approximate surface area is 146 Å². The highest BCUT2D eigenvalue weighted by Crippen LogP contribution is 2.38. The Morgan fingerprint density at radius 2 is 1.92 bits per heavy atom. The molecule has 0 amide bonds. The molecule has 0 saturated carbocycles. The van der Waals surface area contributed by atoms with Gasteiger partial charge in [0.1, 0.15) is 16.9 Å². The Bertz CT molecular complexity index is 1040. The minimum atomic E-state index is -4.64. The maximum atomic E-state index is 13.3. The van der Waals surface area contributed by atoms with E-state index in [0.29, 0.717) is 22.8 Å². The lowest BCUT2D eigenvalue weighted by Gasteiger charge is -2.11. The van der Waals surface area contributed by atoms with Gasteiger partial charge in [0.2, 0.25) is 5.95 Å². The SMILES string of the molecule is CC(C)(O)C#Cc1cc2c(-c3nc(N)ncc3C(F)(F)F)c[nH]c2cn1. The van der Waals surface area contributed by atoms with Gasteiger partial charge in [0.15, 0.2) is 0 Å². The van der Waals surface area contributed by atoms with Gasteiger partial charge in [-0.15, -0.1) is 0 Å². The fourth-order valence-corrected chi connectivity index (χ4v) is 2.31. The van der Waals surface area contributed by atoms with Crippen molar-refractivity contribution in [3.63, 3.8) is 0 Å². The lowest BCUT2D eigenvalue weighted by Crippen LogP contribution is -2.14. The van der Waals surface area contributed by atoms with E-state index in [-0.39, 0.29) is 17.2 Å². The van der Waals surface area contributed by atoms with E-state index >= 15 is 0 Å². The smallest absolute Gasteiger partial charge is 0.378 e. The molecule has 3 heterocycles. The van der Waals surface area contributed by atoms with E-state index in [0.717, 1.165) is 0 Å².